The van der Waals surface area contributed by atoms with Gasteiger partial charge in [-0.05, 0) is 25.7 Å². The zero-order chi connectivity index (χ0) is 13.1. The van der Waals surface area contributed by atoms with Crippen molar-refractivity contribution < 1.29 is 14.7 Å². The summed E-state index contributed by atoms with van der Waals surface area (Å²) in [6.07, 6.45) is 4.84. The maximum Gasteiger partial charge on any atom is 0.326 e. The molecule has 0 aliphatic carbocycles. The first kappa shape index (κ1) is 12.6. The molecule has 98 valence electrons. The van der Waals surface area contributed by atoms with Crippen molar-refractivity contribution >= 4 is 11.9 Å². The second-order valence-corrected chi connectivity index (χ2v) is 4.46. The predicted molar refractivity (Wildman–Crippen MR) is 64.3 cm³/mol. The van der Waals surface area contributed by atoms with E-state index < -0.39 is 12.0 Å². The summed E-state index contributed by atoms with van der Waals surface area (Å²) in [6.45, 7) is 2.56. The van der Waals surface area contributed by atoms with Crippen LogP contribution < -0.4 is 5.32 Å². The number of nitrogens with zero attached hydrogens (tertiary/aromatic N) is 2. The highest BCUT2D eigenvalue weighted by Crippen LogP contribution is 2.18. The number of rotatable bonds is 4. The molecule has 6 nitrogen and oxygen atoms in total. The summed E-state index contributed by atoms with van der Waals surface area (Å²) in [7, 11) is 0. The fraction of sp³-hybridized carbons (Fsp3) is 0.583. The van der Waals surface area contributed by atoms with Crippen molar-refractivity contribution in [3.63, 3.8) is 0 Å². The van der Waals surface area contributed by atoms with Crippen LogP contribution in [0.15, 0.2) is 6.20 Å². The number of aliphatic carboxylic acids is 1. The first-order valence-electron chi connectivity index (χ1n) is 6.21. The monoisotopic (exact) mass is 251 g/mol. The van der Waals surface area contributed by atoms with Gasteiger partial charge in [0.05, 0.1) is 17.5 Å². The Bertz CT molecular complexity index is 467. The Balaban J connectivity index is 2.14. The van der Waals surface area contributed by atoms with E-state index in [1.54, 1.807) is 6.92 Å². The summed E-state index contributed by atoms with van der Waals surface area (Å²) >= 11 is 0. The lowest BCUT2D eigenvalue weighted by Crippen LogP contribution is -2.40. The molecule has 18 heavy (non-hydrogen) atoms. The van der Waals surface area contributed by atoms with Crippen molar-refractivity contribution in [2.45, 2.75) is 45.2 Å². The van der Waals surface area contributed by atoms with Crippen LogP contribution in [0.25, 0.3) is 0 Å². The number of hydrogen-bond donors (Lipinski definition) is 2. The van der Waals surface area contributed by atoms with Gasteiger partial charge in [-0.1, -0.05) is 6.92 Å². The second-order valence-electron chi connectivity index (χ2n) is 4.46. The number of carboxylic acid groups (broad SMARTS) is 1. The predicted octanol–water partition coefficient (Wildman–Crippen LogP) is 0.812. The molecule has 0 fully saturated rings. The molecule has 0 radical (unpaired) electrons. The standard InChI is InChI=1S/C12H17N3O3/c1-2-9(12(17)18)14-11(16)8-7-13-15-6-4-3-5-10(8)15/h7,9H,2-6H2,1H3,(H,14,16)(H,17,18). The average Bonchev–Trinajstić information content (AvgIpc) is 2.79. The number of carboxylic acids is 1. The summed E-state index contributed by atoms with van der Waals surface area (Å²) in [4.78, 5) is 22.9. The molecule has 2 heterocycles. The van der Waals surface area contributed by atoms with Crippen LogP contribution in [-0.4, -0.2) is 32.8 Å². The number of carbonyl (C=O) groups is 2. The number of aryl methyl sites for hydroxylation is 1. The second kappa shape index (κ2) is 5.20. The molecule has 2 rings (SSSR count). The smallest absolute Gasteiger partial charge is 0.326 e. The van der Waals surface area contributed by atoms with Gasteiger partial charge in [0.1, 0.15) is 6.04 Å². The Morgan fingerprint density at radius 2 is 2.33 bits per heavy atom. The largest absolute Gasteiger partial charge is 0.480 e. The molecule has 0 saturated carbocycles. The third-order valence-corrected chi connectivity index (χ3v) is 3.24. The van der Waals surface area contributed by atoms with Gasteiger partial charge in [-0.25, -0.2) is 4.79 Å². The summed E-state index contributed by atoms with van der Waals surface area (Å²) in [5.41, 5.74) is 1.42. The molecule has 0 aromatic carbocycles. The zero-order valence-electron chi connectivity index (χ0n) is 10.3. The van der Waals surface area contributed by atoms with Gasteiger partial charge >= 0.3 is 5.97 Å². The van der Waals surface area contributed by atoms with Crippen LogP contribution in [0, 0.1) is 0 Å². The number of amides is 1. The SMILES string of the molecule is CCC(NC(=O)c1cnn2c1CCCC2)C(=O)O. The Morgan fingerprint density at radius 1 is 1.56 bits per heavy atom. The van der Waals surface area contributed by atoms with E-state index in [-0.39, 0.29) is 5.91 Å². The Hall–Kier alpha value is -1.85. The molecule has 1 aliphatic heterocycles. The third-order valence-electron chi connectivity index (χ3n) is 3.24. The van der Waals surface area contributed by atoms with Crippen LogP contribution in [0.4, 0.5) is 0 Å². The zero-order valence-corrected chi connectivity index (χ0v) is 10.3. The molecule has 1 aliphatic rings. The van der Waals surface area contributed by atoms with Crippen LogP contribution in [0.1, 0.15) is 42.2 Å². The van der Waals surface area contributed by atoms with Crippen molar-refractivity contribution in [2.75, 3.05) is 0 Å². The van der Waals surface area contributed by atoms with Gasteiger partial charge in [-0.15, -0.1) is 0 Å². The molecule has 0 spiro atoms. The number of fused-ring (bicyclic) bond motifs is 1. The lowest BCUT2D eigenvalue weighted by atomic mass is 10.1. The first-order valence-corrected chi connectivity index (χ1v) is 6.21. The third kappa shape index (κ3) is 2.37. The van der Waals surface area contributed by atoms with E-state index in [9.17, 15) is 9.59 Å². The van der Waals surface area contributed by atoms with E-state index in [1.807, 2.05) is 4.68 Å². The van der Waals surface area contributed by atoms with Gasteiger partial charge in [0.2, 0.25) is 0 Å². The molecule has 1 atom stereocenters. The maximum atomic E-state index is 12.0. The summed E-state index contributed by atoms with van der Waals surface area (Å²) in [5.74, 6) is -1.35. The van der Waals surface area contributed by atoms with Gasteiger partial charge < -0.3 is 10.4 Å². The van der Waals surface area contributed by atoms with Crippen molar-refractivity contribution in [2.24, 2.45) is 0 Å². The van der Waals surface area contributed by atoms with Crippen molar-refractivity contribution in [1.29, 1.82) is 0 Å². The molecular weight excluding hydrogens is 234 g/mol. The van der Waals surface area contributed by atoms with Gasteiger partial charge in [0.25, 0.3) is 5.91 Å². The van der Waals surface area contributed by atoms with E-state index in [0.717, 1.165) is 31.5 Å². The average molecular weight is 251 g/mol. The quantitative estimate of drug-likeness (QED) is 0.829. The molecule has 1 amide bonds. The van der Waals surface area contributed by atoms with E-state index >= 15 is 0 Å². The van der Waals surface area contributed by atoms with Crippen molar-refractivity contribution in [3.8, 4) is 0 Å². The fourth-order valence-electron chi connectivity index (χ4n) is 2.19. The molecule has 0 bridgehead atoms. The number of carbonyl (C=O) groups excluding carboxylic acids is 1. The highest BCUT2D eigenvalue weighted by atomic mass is 16.4. The summed E-state index contributed by atoms with van der Waals surface area (Å²) < 4.78 is 1.83. The van der Waals surface area contributed by atoms with Crippen LogP contribution in [-0.2, 0) is 17.8 Å². The highest BCUT2D eigenvalue weighted by Gasteiger charge is 2.23. The fourth-order valence-corrected chi connectivity index (χ4v) is 2.19. The van der Waals surface area contributed by atoms with Gasteiger partial charge in [0, 0.05) is 6.54 Å². The van der Waals surface area contributed by atoms with Gasteiger partial charge in [-0.3, -0.25) is 9.48 Å². The van der Waals surface area contributed by atoms with E-state index in [1.165, 1.54) is 6.20 Å². The van der Waals surface area contributed by atoms with Crippen LogP contribution in [0.2, 0.25) is 0 Å². The molecule has 0 saturated heterocycles. The molecule has 2 N–H and O–H groups in total. The molecule has 6 heteroatoms. The minimum absolute atomic E-state index is 0.340. The van der Waals surface area contributed by atoms with Crippen molar-refractivity contribution in [1.82, 2.24) is 15.1 Å². The number of aromatic nitrogens is 2. The highest BCUT2D eigenvalue weighted by molar-refractivity contribution is 5.97. The molecular formula is C12H17N3O3. The number of hydrogen-bond acceptors (Lipinski definition) is 3. The van der Waals surface area contributed by atoms with E-state index in [4.69, 9.17) is 5.11 Å². The van der Waals surface area contributed by atoms with Crippen LogP contribution >= 0.6 is 0 Å². The minimum atomic E-state index is -1.01. The lowest BCUT2D eigenvalue weighted by Gasteiger charge is -2.16. The maximum absolute atomic E-state index is 12.0. The minimum Gasteiger partial charge on any atom is -0.480 e. The molecule has 1 aromatic rings. The number of nitrogens with one attached hydrogen (secondary N) is 1. The Morgan fingerprint density at radius 3 is 3.00 bits per heavy atom. The van der Waals surface area contributed by atoms with Crippen LogP contribution in [0.3, 0.4) is 0 Å². The first-order chi connectivity index (χ1) is 8.63. The van der Waals surface area contributed by atoms with Gasteiger partial charge in [0.15, 0.2) is 0 Å². The lowest BCUT2D eigenvalue weighted by molar-refractivity contribution is -0.139. The van der Waals surface area contributed by atoms with E-state index in [2.05, 4.69) is 10.4 Å². The summed E-state index contributed by atoms with van der Waals surface area (Å²) in [5, 5.41) is 15.6. The Kier molecular flexibility index (Phi) is 3.64. The topological polar surface area (TPSA) is 84.2 Å². The molecule has 1 unspecified atom stereocenters. The normalized spacial score (nSPS) is 15.8. The molecule has 1 aromatic heterocycles. The van der Waals surface area contributed by atoms with Gasteiger partial charge in [-0.2, -0.15) is 5.10 Å². The Labute approximate surface area is 105 Å². The van der Waals surface area contributed by atoms with E-state index in [0.29, 0.717) is 12.0 Å². The van der Waals surface area contributed by atoms with Crippen LogP contribution in [0.5, 0.6) is 0 Å². The summed E-state index contributed by atoms with van der Waals surface area (Å²) in [6, 6.07) is -0.836. The van der Waals surface area contributed by atoms with Crippen molar-refractivity contribution in [3.05, 3.63) is 17.5 Å².